The molecule has 4 aromatic rings. The third-order valence-corrected chi connectivity index (χ3v) is 4.92. The Kier molecular flexibility index (Phi) is 5.37. The Morgan fingerprint density at radius 2 is 2.07 bits per heavy atom. The molecular weight excluding hydrogens is 402 g/mol. The van der Waals surface area contributed by atoms with E-state index in [1.807, 2.05) is 25.1 Å². The fourth-order valence-corrected chi connectivity index (χ4v) is 3.45. The molecule has 0 atom stereocenters. The summed E-state index contributed by atoms with van der Waals surface area (Å²) < 4.78 is 7.20. The Hall–Kier alpha value is -3.45. The predicted molar refractivity (Wildman–Crippen MR) is 117 cm³/mol. The predicted octanol–water partition coefficient (Wildman–Crippen LogP) is 4.62. The Labute approximate surface area is 178 Å². The van der Waals surface area contributed by atoms with E-state index in [4.69, 9.17) is 16.3 Å². The van der Waals surface area contributed by atoms with Crippen LogP contribution >= 0.6 is 11.6 Å². The quantitative estimate of drug-likeness (QED) is 0.509. The number of hydrogen-bond acceptors (Lipinski definition) is 5. The summed E-state index contributed by atoms with van der Waals surface area (Å²) in [6.07, 6.45) is 4.92. The number of carbonyl (C=O) groups excluding carboxylic acids is 1. The summed E-state index contributed by atoms with van der Waals surface area (Å²) in [5.41, 5.74) is 2.74. The number of fused-ring (bicyclic) bond motifs is 1. The highest BCUT2D eigenvalue weighted by atomic mass is 35.5. The van der Waals surface area contributed by atoms with Crippen LogP contribution in [-0.2, 0) is 4.79 Å². The molecule has 8 heteroatoms. The fourth-order valence-electron chi connectivity index (χ4n) is 3.25. The molecule has 4 rings (SSSR count). The second-order valence-corrected chi connectivity index (χ2v) is 7.05. The smallest absolute Gasteiger partial charge is 0.229 e. The number of hydrogen-bond donors (Lipinski definition) is 1. The molecule has 7 nitrogen and oxygen atoms in total. The first-order chi connectivity index (χ1) is 14.5. The Morgan fingerprint density at radius 3 is 2.83 bits per heavy atom. The first-order valence-electron chi connectivity index (χ1n) is 9.26. The summed E-state index contributed by atoms with van der Waals surface area (Å²) in [5, 5.41) is 9.71. The Bertz CT molecular complexity index is 1250. The van der Waals surface area contributed by atoms with Crippen LogP contribution in [0.25, 0.3) is 27.7 Å². The highest BCUT2D eigenvalue weighted by Crippen LogP contribution is 2.34. The van der Waals surface area contributed by atoms with E-state index in [0.717, 1.165) is 27.6 Å². The van der Waals surface area contributed by atoms with Crippen molar-refractivity contribution in [2.45, 2.75) is 13.8 Å². The maximum atomic E-state index is 11.7. The largest absolute Gasteiger partial charge is 0.480 e. The number of carbonyl (C=O) groups is 1. The fraction of sp³-hybridized carbons (Fsp3) is 0.136. The van der Waals surface area contributed by atoms with Crippen molar-refractivity contribution >= 4 is 34.1 Å². The van der Waals surface area contributed by atoms with E-state index in [0.29, 0.717) is 22.5 Å². The number of pyridine rings is 2. The van der Waals surface area contributed by atoms with Crippen molar-refractivity contribution in [2.75, 3.05) is 12.4 Å². The van der Waals surface area contributed by atoms with Gasteiger partial charge in [-0.3, -0.25) is 9.78 Å². The molecule has 0 bridgehead atoms. The van der Waals surface area contributed by atoms with Crippen molar-refractivity contribution in [2.24, 2.45) is 0 Å². The van der Waals surface area contributed by atoms with E-state index in [-0.39, 0.29) is 5.91 Å². The van der Waals surface area contributed by atoms with Crippen molar-refractivity contribution in [3.05, 3.63) is 65.9 Å². The molecule has 3 aromatic heterocycles. The van der Waals surface area contributed by atoms with Crippen molar-refractivity contribution in [3.8, 4) is 22.8 Å². The maximum Gasteiger partial charge on any atom is 0.229 e. The number of ether oxygens (including phenoxy) is 1. The molecule has 0 saturated carbocycles. The molecule has 0 spiro atoms. The van der Waals surface area contributed by atoms with Gasteiger partial charge in [0.05, 0.1) is 18.9 Å². The lowest BCUT2D eigenvalue weighted by Crippen LogP contribution is -2.12. The van der Waals surface area contributed by atoms with Crippen LogP contribution in [0, 0.1) is 13.3 Å². The van der Waals surface area contributed by atoms with Crippen LogP contribution in [0.2, 0.25) is 5.02 Å². The van der Waals surface area contributed by atoms with Gasteiger partial charge in [0.25, 0.3) is 0 Å². The van der Waals surface area contributed by atoms with Gasteiger partial charge < -0.3 is 10.1 Å². The zero-order valence-corrected chi connectivity index (χ0v) is 17.4. The summed E-state index contributed by atoms with van der Waals surface area (Å²) >= 11 is 6.24. The monoisotopic (exact) mass is 420 g/mol. The number of amides is 1. The highest BCUT2D eigenvalue weighted by Gasteiger charge is 2.17. The average molecular weight is 421 g/mol. The van der Waals surface area contributed by atoms with Crippen LogP contribution in [0.15, 0.2) is 48.8 Å². The zero-order valence-electron chi connectivity index (χ0n) is 16.7. The Balaban J connectivity index is 1.79. The van der Waals surface area contributed by atoms with E-state index >= 15 is 0 Å². The first-order valence-corrected chi connectivity index (χ1v) is 9.64. The molecule has 0 aliphatic carbocycles. The summed E-state index contributed by atoms with van der Waals surface area (Å²) in [6, 6.07) is 11.3. The molecule has 1 radical (unpaired) electrons. The highest BCUT2D eigenvalue weighted by molar-refractivity contribution is 6.31. The van der Waals surface area contributed by atoms with Crippen molar-refractivity contribution < 1.29 is 9.53 Å². The molecule has 0 aliphatic rings. The van der Waals surface area contributed by atoms with Gasteiger partial charge in [-0.2, -0.15) is 9.78 Å². The number of anilines is 1. The second-order valence-electron chi connectivity index (χ2n) is 6.62. The lowest BCUT2D eigenvalue weighted by molar-refractivity contribution is -0.113. The molecular formula is C22H19ClN5O2. The molecule has 30 heavy (non-hydrogen) atoms. The van der Waals surface area contributed by atoms with Crippen molar-refractivity contribution in [1.82, 2.24) is 19.7 Å². The molecule has 0 aliphatic heterocycles. The number of rotatable bonds is 5. The molecule has 3 heterocycles. The summed E-state index contributed by atoms with van der Waals surface area (Å²) in [7, 11) is 1.57. The lowest BCUT2D eigenvalue weighted by atomic mass is 10.0. The van der Waals surface area contributed by atoms with Crippen molar-refractivity contribution in [1.29, 1.82) is 0 Å². The SMILES string of the molecule is C[CH]C(=O)Nc1cc(Cl)cc(-n2ncc(-c3ccc4c(C)nccc4c3)c2OC)n1. The standard InChI is InChI=1S/C22H19ClN5O2/c1-4-21(29)27-19-10-16(23)11-20(26-19)28-22(30-3)18(12-25-28)14-5-6-17-13(2)24-8-7-15(17)9-14/h4-12H,1-3H3,(H,26,27,29). The van der Waals surface area contributed by atoms with Gasteiger partial charge in [-0.25, -0.2) is 4.98 Å². The van der Waals surface area contributed by atoms with E-state index in [1.165, 1.54) is 6.42 Å². The van der Waals surface area contributed by atoms with Crippen LogP contribution in [0.4, 0.5) is 5.82 Å². The van der Waals surface area contributed by atoms with Gasteiger partial charge in [0.2, 0.25) is 11.8 Å². The van der Waals surface area contributed by atoms with Gasteiger partial charge in [-0.05, 0) is 36.1 Å². The maximum absolute atomic E-state index is 11.7. The summed E-state index contributed by atoms with van der Waals surface area (Å²) in [6.45, 7) is 3.63. The Morgan fingerprint density at radius 1 is 1.23 bits per heavy atom. The second kappa shape index (κ2) is 8.12. The molecule has 0 fully saturated rings. The molecule has 1 amide bonds. The van der Waals surface area contributed by atoms with Crippen LogP contribution < -0.4 is 10.1 Å². The molecule has 151 valence electrons. The van der Waals surface area contributed by atoms with Gasteiger partial charge in [-0.15, -0.1) is 0 Å². The number of aryl methyl sites for hydroxylation is 1. The molecule has 1 N–H and O–H groups in total. The van der Waals surface area contributed by atoms with Gasteiger partial charge in [0.15, 0.2) is 5.82 Å². The third-order valence-electron chi connectivity index (χ3n) is 4.70. The van der Waals surface area contributed by atoms with E-state index in [1.54, 1.807) is 43.2 Å². The summed E-state index contributed by atoms with van der Waals surface area (Å²) in [4.78, 5) is 20.5. The van der Waals surface area contributed by atoms with E-state index < -0.39 is 0 Å². The number of aromatic nitrogens is 4. The van der Waals surface area contributed by atoms with Gasteiger partial charge in [-0.1, -0.05) is 30.7 Å². The van der Waals surface area contributed by atoms with Gasteiger partial charge in [0.1, 0.15) is 5.82 Å². The van der Waals surface area contributed by atoms with Gasteiger partial charge >= 0.3 is 0 Å². The minimum Gasteiger partial charge on any atom is -0.480 e. The molecule has 0 saturated heterocycles. The van der Waals surface area contributed by atoms with Crippen molar-refractivity contribution in [3.63, 3.8) is 0 Å². The van der Waals surface area contributed by atoms with Crippen LogP contribution in [0.5, 0.6) is 5.88 Å². The molecule has 0 unspecified atom stereocenters. The van der Waals surface area contributed by atoms with Crippen LogP contribution in [0.3, 0.4) is 0 Å². The van der Waals surface area contributed by atoms with Gasteiger partial charge in [0, 0.05) is 34.8 Å². The summed E-state index contributed by atoms with van der Waals surface area (Å²) in [5.74, 6) is 0.991. The van der Waals surface area contributed by atoms with E-state index in [2.05, 4.69) is 26.4 Å². The minimum atomic E-state index is -0.273. The first kappa shape index (κ1) is 19.8. The zero-order chi connectivity index (χ0) is 21.3. The van der Waals surface area contributed by atoms with E-state index in [9.17, 15) is 4.79 Å². The average Bonchev–Trinajstić information content (AvgIpc) is 3.17. The normalized spacial score (nSPS) is 10.9. The number of methoxy groups -OCH3 is 1. The number of halogens is 1. The third kappa shape index (κ3) is 3.71. The minimum absolute atomic E-state index is 0.273. The number of benzene rings is 1. The topological polar surface area (TPSA) is 81.9 Å². The lowest BCUT2D eigenvalue weighted by Gasteiger charge is -2.11. The number of nitrogens with one attached hydrogen (secondary N) is 1. The van der Waals surface area contributed by atoms with Crippen LogP contribution in [-0.4, -0.2) is 32.8 Å². The number of nitrogens with zero attached hydrogens (tertiary/aromatic N) is 4. The van der Waals surface area contributed by atoms with Crippen LogP contribution in [0.1, 0.15) is 12.6 Å². The molecule has 1 aromatic carbocycles.